The molecule has 0 atom stereocenters. The first kappa shape index (κ1) is 16.0. The molecule has 5 heteroatoms. The van der Waals surface area contributed by atoms with E-state index in [1.807, 2.05) is 24.3 Å². The van der Waals surface area contributed by atoms with Crippen molar-refractivity contribution in [1.82, 2.24) is 4.90 Å². The fourth-order valence-electron chi connectivity index (χ4n) is 3.03. The lowest BCUT2D eigenvalue weighted by atomic mass is 10.2. The van der Waals surface area contributed by atoms with Crippen LogP contribution in [0.5, 0.6) is 0 Å². The van der Waals surface area contributed by atoms with E-state index in [0.717, 1.165) is 24.1 Å². The SMILES string of the molecule is O=C(Nc1ccc(COC2CCCC2)cc1)N1CCC=C(F)C1. The van der Waals surface area contributed by atoms with E-state index < -0.39 is 0 Å². The fraction of sp³-hybridized carbons (Fsp3) is 0.500. The molecule has 1 N–H and O–H groups in total. The van der Waals surface area contributed by atoms with Gasteiger partial charge in [0, 0.05) is 12.2 Å². The highest BCUT2D eigenvalue weighted by Gasteiger charge is 2.18. The highest BCUT2D eigenvalue weighted by molar-refractivity contribution is 5.89. The summed E-state index contributed by atoms with van der Waals surface area (Å²) < 4.78 is 19.1. The normalized spacial score (nSPS) is 18.8. The first-order valence-electron chi connectivity index (χ1n) is 8.32. The standard InChI is InChI=1S/C18H23FN2O2/c19-15-4-3-11-21(12-15)18(22)20-16-9-7-14(8-10-16)13-23-17-5-1-2-6-17/h4,7-10,17H,1-3,5-6,11-13H2,(H,20,22). The van der Waals surface area contributed by atoms with Crippen LogP contribution in [-0.2, 0) is 11.3 Å². The second kappa shape index (κ2) is 7.59. The number of anilines is 1. The number of nitrogens with zero attached hydrogens (tertiary/aromatic N) is 1. The van der Waals surface area contributed by atoms with E-state index in [4.69, 9.17) is 4.74 Å². The van der Waals surface area contributed by atoms with Gasteiger partial charge in [-0.1, -0.05) is 25.0 Å². The molecular weight excluding hydrogens is 295 g/mol. The van der Waals surface area contributed by atoms with Gasteiger partial charge in [0.2, 0.25) is 0 Å². The van der Waals surface area contributed by atoms with E-state index in [1.165, 1.54) is 23.8 Å². The Balaban J connectivity index is 1.48. The molecule has 1 aromatic carbocycles. The van der Waals surface area contributed by atoms with Gasteiger partial charge in [0.15, 0.2) is 0 Å². The summed E-state index contributed by atoms with van der Waals surface area (Å²) in [6, 6.07) is 7.38. The molecule has 0 spiro atoms. The summed E-state index contributed by atoms with van der Waals surface area (Å²) in [5, 5.41) is 2.81. The number of urea groups is 1. The molecule has 4 nitrogen and oxygen atoms in total. The number of carbonyl (C=O) groups is 1. The second-order valence-electron chi connectivity index (χ2n) is 6.21. The molecule has 1 aliphatic heterocycles. The summed E-state index contributed by atoms with van der Waals surface area (Å²) in [6.07, 6.45) is 7.35. The van der Waals surface area contributed by atoms with E-state index in [-0.39, 0.29) is 18.4 Å². The van der Waals surface area contributed by atoms with Crippen LogP contribution in [0.4, 0.5) is 14.9 Å². The molecule has 1 fully saturated rings. The van der Waals surface area contributed by atoms with E-state index in [2.05, 4.69) is 5.32 Å². The minimum absolute atomic E-state index is 0.0547. The lowest BCUT2D eigenvalue weighted by Crippen LogP contribution is -2.38. The number of hydrogen-bond donors (Lipinski definition) is 1. The van der Waals surface area contributed by atoms with Gasteiger partial charge in [-0.15, -0.1) is 0 Å². The van der Waals surface area contributed by atoms with Gasteiger partial charge in [-0.3, -0.25) is 0 Å². The lowest BCUT2D eigenvalue weighted by Gasteiger charge is -2.24. The summed E-state index contributed by atoms with van der Waals surface area (Å²) in [6.45, 7) is 1.22. The molecule has 0 radical (unpaired) electrons. The van der Waals surface area contributed by atoms with Gasteiger partial charge in [-0.05, 0) is 43.0 Å². The minimum atomic E-state index is -0.261. The number of ether oxygens (including phenoxy) is 1. The largest absolute Gasteiger partial charge is 0.374 e. The van der Waals surface area contributed by atoms with Gasteiger partial charge in [0.25, 0.3) is 0 Å². The highest BCUT2D eigenvalue weighted by Crippen LogP contribution is 2.22. The molecule has 0 unspecified atom stereocenters. The number of rotatable bonds is 4. The van der Waals surface area contributed by atoms with Crippen molar-refractivity contribution in [3.63, 3.8) is 0 Å². The molecule has 3 rings (SSSR count). The van der Waals surface area contributed by atoms with Crippen LogP contribution in [-0.4, -0.2) is 30.1 Å². The van der Waals surface area contributed by atoms with Crippen molar-refractivity contribution in [2.75, 3.05) is 18.4 Å². The highest BCUT2D eigenvalue weighted by atomic mass is 19.1. The molecule has 1 aromatic rings. The summed E-state index contributed by atoms with van der Waals surface area (Å²) in [5.74, 6) is -0.245. The van der Waals surface area contributed by atoms with Gasteiger partial charge < -0.3 is 15.0 Å². The Morgan fingerprint density at radius 1 is 1.26 bits per heavy atom. The van der Waals surface area contributed by atoms with Gasteiger partial charge in [0.1, 0.15) is 5.83 Å². The molecule has 0 saturated heterocycles. The van der Waals surface area contributed by atoms with Crippen LogP contribution in [0.25, 0.3) is 0 Å². The third-order valence-corrected chi connectivity index (χ3v) is 4.39. The van der Waals surface area contributed by atoms with Crippen molar-refractivity contribution >= 4 is 11.7 Å². The monoisotopic (exact) mass is 318 g/mol. The van der Waals surface area contributed by atoms with E-state index in [1.54, 1.807) is 0 Å². The van der Waals surface area contributed by atoms with Crippen LogP contribution in [0.15, 0.2) is 36.2 Å². The molecule has 1 saturated carbocycles. The van der Waals surface area contributed by atoms with E-state index >= 15 is 0 Å². The van der Waals surface area contributed by atoms with E-state index in [0.29, 0.717) is 25.7 Å². The van der Waals surface area contributed by atoms with Crippen molar-refractivity contribution < 1.29 is 13.9 Å². The zero-order valence-electron chi connectivity index (χ0n) is 13.3. The summed E-state index contributed by atoms with van der Waals surface area (Å²) in [5.41, 5.74) is 1.82. The molecule has 0 bridgehead atoms. The molecule has 23 heavy (non-hydrogen) atoms. The van der Waals surface area contributed by atoms with Crippen molar-refractivity contribution in [2.45, 2.75) is 44.8 Å². The Morgan fingerprint density at radius 3 is 2.70 bits per heavy atom. The van der Waals surface area contributed by atoms with Crippen molar-refractivity contribution in [2.24, 2.45) is 0 Å². The summed E-state index contributed by atoms with van der Waals surface area (Å²) in [4.78, 5) is 13.6. The smallest absolute Gasteiger partial charge is 0.322 e. The first-order chi connectivity index (χ1) is 11.2. The average molecular weight is 318 g/mol. The Bertz CT molecular complexity index is 565. The fourth-order valence-corrected chi connectivity index (χ4v) is 3.03. The Kier molecular flexibility index (Phi) is 5.28. The molecule has 2 amide bonds. The molecular formula is C18H23FN2O2. The van der Waals surface area contributed by atoms with Crippen molar-refractivity contribution in [3.05, 3.63) is 41.7 Å². The number of carbonyl (C=O) groups excluding carboxylic acids is 1. The maximum atomic E-state index is 13.2. The zero-order valence-corrected chi connectivity index (χ0v) is 13.3. The quantitative estimate of drug-likeness (QED) is 0.902. The van der Waals surface area contributed by atoms with Crippen molar-refractivity contribution in [1.29, 1.82) is 0 Å². The first-order valence-corrected chi connectivity index (χ1v) is 8.32. The molecule has 0 aromatic heterocycles. The average Bonchev–Trinajstić information content (AvgIpc) is 3.08. The van der Waals surface area contributed by atoms with Gasteiger partial charge in [-0.2, -0.15) is 0 Å². The number of halogens is 1. The van der Waals surface area contributed by atoms with Crippen LogP contribution in [0, 0.1) is 0 Å². The Morgan fingerprint density at radius 2 is 2.00 bits per heavy atom. The van der Waals surface area contributed by atoms with Crippen LogP contribution in [0.3, 0.4) is 0 Å². The number of amides is 2. The summed E-state index contributed by atoms with van der Waals surface area (Å²) in [7, 11) is 0. The van der Waals surface area contributed by atoms with E-state index in [9.17, 15) is 9.18 Å². The third kappa shape index (κ3) is 4.55. The third-order valence-electron chi connectivity index (χ3n) is 4.39. The summed E-state index contributed by atoms with van der Waals surface area (Å²) >= 11 is 0. The van der Waals surface area contributed by atoms with Crippen LogP contribution in [0.1, 0.15) is 37.7 Å². The zero-order chi connectivity index (χ0) is 16.1. The van der Waals surface area contributed by atoms with Crippen LogP contribution in [0.2, 0.25) is 0 Å². The van der Waals surface area contributed by atoms with Crippen LogP contribution >= 0.6 is 0 Å². The van der Waals surface area contributed by atoms with Crippen molar-refractivity contribution in [3.8, 4) is 0 Å². The molecule has 1 aliphatic carbocycles. The maximum absolute atomic E-state index is 13.2. The lowest BCUT2D eigenvalue weighted by molar-refractivity contribution is 0.0457. The second-order valence-corrected chi connectivity index (χ2v) is 6.21. The molecule has 2 aliphatic rings. The Labute approximate surface area is 136 Å². The van der Waals surface area contributed by atoms with Gasteiger partial charge >= 0.3 is 6.03 Å². The number of hydrogen-bond acceptors (Lipinski definition) is 2. The van der Waals surface area contributed by atoms with Gasteiger partial charge in [0.05, 0.1) is 19.3 Å². The predicted molar refractivity (Wildman–Crippen MR) is 87.9 cm³/mol. The number of nitrogens with one attached hydrogen (secondary N) is 1. The molecule has 124 valence electrons. The van der Waals surface area contributed by atoms with Crippen LogP contribution < -0.4 is 5.32 Å². The molecule has 1 heterocycles. The maximum Gasteiger partial charge on any atom is 0.322 e. The number of benzene rings is 1. The Hall–Kier alpha value is -1.88. The topological polar surface area (TPSA) is 41.6 Å². The van der Waals surface area contributed by atoms with Gasteiger partial charge in [-0.25, -0.2) is 9.18 Å². The predicted octanol–water partition coefficient (Wildman–Crippen LogP) is 4.24. The minimum Gasteiger partial charge on any atom is -0.374 e.